The fourth-order valence-electron chi connectivity index (χ4n) is 0.956. The number of methoxy groups -OCH3 is 1. The Labute approximate surface area is 92.0 Å². The van der Waals surface area contributed by atoms with E-state index in [0.29, 0.717) is 0 Å². The highest BCUT2D eigenvalue weighted by Gasteiger charge is 2.21. The van der Waals surface area contributed by atoms with Gasteiger partial charge in [0, 0.05) is 0 Å². The van der Waals surface area contributed by atoms with Gasteiger partial charge in [0.1, 0.15) is 11.4 Å². The quantitative estimate of drug-likeness (QED) is 0.925. The molecule has 0 bridgehead atoms. The van der Waals surface area contributed by atoms with Gasteiger partial charge in [0.05, 0.1) is 11.6 Å². The van der Waals surface area contributed by atoms with E-state index in [-0.39, 0.29) is 10.2 Å². The molecule has 0 saturated heterocycles. The number of aromatic nitrogens is 1. The van der Waals surface area contributed by atoms with Crippen molar-refractivity contribution in [1.29, 1.82) is 0 Å². The van der Waals surface area contributed by atoms with Gasteiger partial charge in [0.25, 0.3) is 6.43 Å². The van der Waals surface area contributed by atoms with Crippen LogP contribution in [0.4, 0.5) is 8.78 Å². The fraction of sp³-hybridized carbons (Fsp3) is 0.250. The molecule has 1 N–H and O–H groups in total. The third-order valence-electron chi connectivity index (χ3n) is 1.60. The molecule has 0 aromatic carbocycles. The number of pyridine rings is 1. The van der Waals surface area contributed by atoms with Crippen LogP contribution in [0.15, 0.2) is 10.5 Å². The molecule has 0 fully saturated rings. The largest absolute Gasteiger partial charge is 0.495 e. The Kier molecular flexibility index (Phi) is 3.57. The summed E-state index contributed by atoms with van der Waals surface area (Å²) in [5, 5.41) is 8.66. The molecule has 0 atom stereocenters. The molecule has 82 valence electrons. The summed E-state index contributed by atoms with van der Waals surface area (Å²) < 4.78 is 29.6. The predicted octanol–water partition coefficient (Wildman–Crippen LogP) is 2.49. The molecule has 0 amide bonds. The molecule has 7 heteroatoms. The van der Waals surface area contributed by atoms with Gasteiger partial charge in [0.2, 0.25) is 0 Å². The standard InChI is InChI=1S/C8H6BrF2NO3/c1-15-4-2-3(9)5(8(13)14)12-6(4)7(10)11/h2,7H,1H3,(H,13,14). The van der Waals surface area contributed by atoms with E-state index in [0.717, 1.165) is 6.07 Å². The van der Waals surface area contributed by atoms with Crippen LogP contribution >= 0.6 is 15.9 Å². The van der Waals surface area contributed by atoms with Crippen molar-refractivity contribution in [1.82, 2.24) is 4.98 Å². The number of carbonyl (C=O) groups is 1. The van der Waals surface area contributed by atoms with Crippen LogP contribution in [0.1, 0.15) is 22.6 Å². The minimum absolute atomic E-state index is 0.0938. The van der Waals surface area contributed by atoms with Crippen LogP contribution in [0.5, 0.6) is 5.75 Å². The summed E-state index contributed by atoms with van der Waals surface area (Å²) in [6.07, 6.45) is -2.88. The molecule has 0 unspecified atom stereocenters. The highest BCUT2D eigenvalue weighted by Crippen LogP contribution is 2.31. The van der Waals surface area contributed by atoms with Crippen molar-refractivity contribution in [2.24, 2.45) is 0 Å². The zero-order chi connectivity index (χ0) is 11.6. The maximum Gasteiger partial charge on any atom is 0.355 e. The lowest BCUT2D eigenvalue weighted by atomic mass is 10.3. The number of nitrogens with zero attached hydrogens (tertiary/aromatic N) is 1. The summed E-state index contributed by atoms with van der Waals surface area (Å²) in [6, 6.07) is 1.15. The van der Waals surface area contributed by atoms with Crippen LogP contribution in [0, 0.1) is 0 Å². The molecular weight excluding hydrogens is 276 g/mol. The van der Waals surface area contributed by atoms with Gasteiger partial charge in [-0.05, 0) is 22.0 Å². The molecule has 4 nitrogen and oxygen atoms in total. The maximum atomic E-state index is 12.4. The lowest BCUT2D eigenvalue weighted by Crippen LogP contribution is -2.06. The highest BCUT2D eigenvalue weighted by molar-refractivity contribution is 9.10. The second-order valence-electron chi connectivity index (χ2n) is 2.51. The second kappa shape index (κ2) is 4.52. The molecule has 0 aliphatic heterocycles. The third kappa shape index (κ3) is 2.41. The van der Waals surface area contributed by atoms with Gasteiger partial charge in [-0.25, -0.2) is 18.6 Å². The Morgan fingerprint density at radius 3 is 2.67 bits per heavy atom. The number of rotatable bonds is 3. The fourth-order valence-corrected chi connectivity index (χ4v) is 1.42. The average molecular weight is 282 g/mol. The number of ether oxygens (including phenoxy) is 1. The number of hydrogen-bond acceptors (Lipinski definition) is 3. The summed E-state index contributed by atoms with van der Waals surface area (Å²) in [5.41, 5.74) is -1.15. The Morgan fingerprint density at radius 1 is 1.67 bits per heavy atom. The molecule has 0 aliphatic rings. The number of aromatic carboxylic acids is 1. The predicted molar refractivity (Wildman–Crippen MR) is 50.4 cm³/mol. The lowest BCUT2D eigenvalue weighted by molar-refractivity contribution is 0.0687. The second-order valence-corrected chi connectivity index (χ2v) is 3.37. The Hall–Kier alpha value is -1.24. The van der Waals surface area contributed by atoms with E-state index in [9.17, 15) is 13.6 Å². The zero-order valence-corrected chi connectivity index (χ0v) is 9.09. The minimum Gasteiger partial charge on any atom is -0.495 e. The van der Waals surface area contributed by atoms with Crippen molar-refractivity contribution < 1.29 is 23.4 Å². The van der Waals surface area contributed by atoms with Crippen molar-refractivity contribution in [3.63, 3.8) is 0 Å². The summed E-state index contributed by atoms with van der Waals surface area (Å²) in [7, 11) is 1.20. The number of hydrogen-bond donors (Lipinski definition) is 1. The SMILES string of the molecule is COc1cc(Br)c(C(=O)O)nc1C(F)F. The average Bonchev–Trinajstić information content (AvgIpc) is 2.16. The summed E-state index contributed by atoms with van der Waals surface area (Å²) in [5.74, 6) is -1.53. The van der Waals surface area contributed by atoms with Gasteiger partial charge in [-0.15, -0.1) is 0 Å². The van der Waals surface area contributed by atoms with Crippen molar-refractivity contribution >= 4 is 21.9 Å². The molecule has 0 spiro atoms. The van der Waals surface area contributed by atoms with Gasteiger partial charge in [-0.2, -0.15) is 0 Å². The Morgan fingerprint density at radius 2 is 2.27 bits per heavy atom. The van der Waals surface area contributed by atoms with Crippen molar-refractivity contribution in [2.45, 2.75) is 6.43 Å². The molecule has 0 radical (unpaired) electrons. The summed E-state index contributed by atoms with van der Waals surface area (Å²) in [4.78, 5) is 13.9. The van der Waals surface area contributed by atoms with E-state index in [1.54, 1.807) is 0 Å². The van der Waals surface area contributed by atoms with E-state index in [1.807, 2.05) is 0 Å². The minimum atomic E-state index is -2.88. The highest BCUT2D eigenvalue weighted by atomic mass is 79.9. The molecular formula is C8H6BrF2NO3. The van der Waals surface area contributed by atoms with Crippen LogP contribution < -0.4 is 4.74 Å². The van der Waals surface area contributed by atoms with Gasteiger partial charge in [-0.3, -0.25) is 0 Å². The summed E-state index contributed by atoms with van der Waals surface area (Å²) in [6.45, 7) is 0. The first-order valence-electron chi connectivity index (χ1n) is 3.73. The van der Waals surface area contributed by atoms with E-state index >= 15 is 0 Å². The molecule has 15 heavy (non-hydrogen) atoms. The third-order valence-corrected chi connectivity index (χ3v) is 2.20. The van der Waals surface area contributed by atoms with Crippen LogP contribution in [0.2, 0.25) is 0 Å². The molecule has 0 saturated carbocycles. The molecule has 0 aliphatic carbocycles. The number of halogens is 3. The maximum absolute atomic E-state index is 12.4. The molecule has 1 heterocycles. The molecule has 1 rings (SSSR count). The normalized spacial score (nSPS) is 10.5. The monoisotopic (exact) mass is 281 g/mol. The van der Waals surface area contributed by atoms with Crippen molar-refractivity contribution in [3.05, 3.63) is 21.9 Å². The van der Waals surface area contributed by atoms with E-state index in [2.05, 4.69) is 25.7 Å². The first kappa shape index (κ1) is 11.8. The number of alkyl halides is 2. The topological polar surface area (TPSA) is 59.4 Å². The Bertz CT molecular complexity index is 398. The number of carboxylic acid groups (broad SMARTS) is 1. The van der Waals surface area contributed by atoms with E-state index in [4.69, 9.17) is 5.11 Å². The van der Waals surface area contributed by atoms with Gasteiger partial charge in [0.15, 0.2) is 5.69 Å². The van der Waals surface area contributed by atoms with Gasteiger partial charge < -0.3 is 9.84 Å². The zero-order valence-electron chi connectivity index (χ0n) is 7.50. The van der Waals surface area contributed by atoms with Gasteiger partial charge >= 0.3 is 5.97 Å². The lowest BCUT2D eigenvalue weighted by Gasteiger charge is -2.08. The number of carboxylic acids is 1. The van der Waals surface area contributed by atoms with Gasteiger partial charge in [-0.1, -0.05) is 0 Å². The first-order valence-corrected chi connectivity index (χ1v) is 4.52. The van der Waals surface area contributed by atoms with E-state index in [1.165, 1.54) is 7.11 Å². The van der Waals surface area contributed by atoms with E-state index < -0.39 is 23.8 Å². The summed E-state index contributed by atoms with van der Waals surface area (Å²) >= 11 is 2.90. The van der Waals surface area contributed by atoms with Crippen LogP contribution in [-0.2, 0) is 0 Å². The Balaban J connectivity index is 3.37. The molecule has 1 aromatic rings. The van der Waals surface area contributed by atoms with Crippen molar-refractivity contribution in [2.75, 3.05) is 7.11 Å². The van der Waals surface area contributed by atoms with Crippen LogP contribution in [0.3, 0.4) is 0 Å². The van der Waals surface area contributed by atoms with Crippen molar-refractivity contribution in [3.8, 4) is 5.75 Å². The van der Waals surface area contributed by atoms with Crippen LogP contribution in [0.25, 0.3) is 0 Å². The first-order chi connectivity index (χ1) is 6.97. The molecule has 1 aromatic heterocycles. The smallest absolute Gasteiger partial charge is 0.355 e. The van der Waals surface area contributed by atoms with Crippen LogP contribution in [-0.4, -0.2) is 23.2 Å².